The minimum atomic E-state index is -0.944. The molecule has 0 heterocycles. The number of aliphatic carboxylic acids is 1. The molecule has 1 atom stereocenters. The topological polar surface area (TPSA) is 90.3 Å². The molecule has 0 bridgehead atoms. The number of carboxylic acid groups (broad SMARTS) is 1. The lowest BCUT2D eigenvalue weighted by atomic mass is 10.3. The van der Waals surface area contributed by atoms with Crippen LogP contribution in [0.15, 0.2) is 0 Å². The van der Waals surface area contributed by atoms with E-state index in [1.165, 1.54) is 16.9 Å². The lowest BCUT2D eigenvalue weighted by molar-refractivity contribution is -0.137. The van der Waals surface area contributed by atoms with E-state index in [-0.39, 0.29) is 38.2 Å². The average Bonchev–Trinajstić information content (AvgIpc) is 2.28. The third-order valence-corrected chi connectivity index (χ3v) is 2.61. The van der Waals surface area contributed by atoms with Crippen LogP contribution in [0.2, 0.25) is 0 Å². The SMILES string of the molecule is COCC(O)CN(C)C(=O)N(CCC(=O)O)C(C)C. The number of hydrogen-bond donors (Lipinski definition) is 2. The number of ether oxygens (including phenoxy) is 1. The van der Waals surface area contributed by atoms with Gasteiger partial charge in [-0.25, -0.2) is 4.79 Å². The van der Waals surface area contributed by atoms with Gasteiger partial charge >= 0.3 is 12.0 Å². The Kier molecular flexibility index (Phi) is 8.09. The fourth-order valence-electron chi connectivity index (χ4n) is 1.65. The quantitative estimate of drug-likeness (QED) is 0.662. The number of amides is 2. The molecule has 2 N–H and O–H groups in total. The highest BCUT2D eigenvalue weighted by atomic mass is 16.5. The Bertz CT molecular complexity index is 296. The van der Waals surface area contributed by atoms with Crippen LogP contribution < -0.4 is 0 Å². The number of aliphatic hydroxyl groups excluding tert-OH is 1. The van der Waals surface area contributed by atoms with E-state index in [0.29, 0.717) is 0 Å². The van der Waals surface area contributed by atoms with E-state index in [2.05, 4.69) is 0 Å². The Balaban J connectivity index is 4.48. The first kappa shape index (κ1) is 17.7. The lowest BCUT2D eigenvalue weighted by Crippen LogP contribution is -2.48. The first-order valence-corrected chi connectivity index (χ1v) is 6.20. The molecule has 0 radical (unpaired) electrons. The fourth-order valence-corrected chi connectivity index (χ4v) is 1.65. The monoisotopic (exact) mass is 276 g/mol. The summed E-state index contributed by atoms with van der Waals surface area (Å²) in [6.07, 6.45) is -0.856. The van der Waals surface area contributed by atoms with Crippen LogP contribution >= 0.6 is 0 Å². The number of carbonyl (C=O) groups excluding carboxylic acids is 1. The summed E-state index contributed by atoms with van der Waals surface area (Å²) in [6.45, 7) is 4.08. The van der Waals surface area contributed by atoms with E-state index in [9.17, 15) is 14.7 Å². The van der Waals surface area contributed by atoms with Crippen molar-refractivity contribution in [1.29, 1.82) is 0 Å². The number of likely N-dealkylation sites (N-methyl/N-ethyl adjacent to an activating group) is 1. The van der Waals surface area contributed by atoms with E-state index < -0.39 is 12.1 Å². The van der Waals surface area contributed by atoms with Crippen molar-refractivity contribution in [3.63, 3.8) is 0 Å². The second kappa shape index (κ2) is 8.71. The Labute approximate surface area is 113 Å². The van der Waals surface area contributed by atoms with E-state index >= 15 is 0 Å². The molecule has 0 aromatic rings. The van der Waals surface area contributed by atoms with Gasteiger partial charge in [-0.3, -0.25) is 4.79 Å². The van der Waals surface area contributed by atoms with Crippen LogP contribution in [0.4, 0.5) is 4.79 Å². The third-order valence-electron chi connectivity index (χ3n) is 2.61. The highest BCUT2D eigenvalue weighted by Gasteiger charge is 2.22. The van der Waals surface area contributed by atoms with Crippen molar-refractivity contribution in [2.24, 2.45) is 0 Å². The van der Waals surface area contributed by atoms with Crippen molar-refractivity contribution in [2.45, 2.75) is 32.4 Å². The molecule has 7 heteroatoms. The van der Waals surface area contributed by atoms with Crippen LogP contribution in [-0.4, -0.2) is 78.0 Å². The molecular formula is C12H24N2O5. The molecule has 0 saturated heterocycles. The van der Waals surface area contributed by atoms with Crippen molar-refractivity contribution in [3.8, 4) is 0 Å². The summed E-state index contributed by atoms with van der Waals surface area (Å²) in [4.78, 5) is 25.6. The zero-order valence-corrected chi connectivity index (χ0v) is 12.0. The molecule has 0 spiro atoms. The molecule has 0 aromatic heterocycles. The first-order chi connectivity index (χ1) is 8.79. The largest absolute Gasteiger partial charge is 0.481 e. The number of carbonyl (C=O) groups is 2. The molecule has 2 amide bonds. The maximum absolute atomic E-state index is 12.1. The number of nitrogens with zero attached hydrogens (tertiary/aromatic N) is 2. The van der Waals surface area contributed by atoms with Gasteiger partial charge in [0.2, 0.25) is 0 Å². The summed E-state index contributed by atoms with van der Waals surface area (Å²) >= 11 is 0. The van der Waals surface area contributed by atoms with Crippen LogP contribution in [-0.2, 0) is 9.53 Å². The molecule has 0 aromatic carbocycles. The van der Waals surface area contributed by atoms with Gasteiger partial charge in [0.1, 0.15) is 0 Å². The Morgan fingerprint density at radius 3 is 2.32 bits per heavy atom. The van der Waals surface area contributed by atoms with Gasteiger partial charge in [-0.1, -0.05) is 0 Å². The van der Waals surface area contributed by atoms with Crippen LogP contribution in [0.3, 0.4) is 0 Å². The zero-order valence-electron chi connectivity index (χ0n) is 12.0. The van der Waals surface area contributed by atoms with Crippen LogP contribution in [0.25, 0.3) is 0 Å². The van der Waals surface area contributed by atoms with Gasteiger partial charge in [0.05, 0.1) is 25.7 Å². The first-order valence-electron chi connectivity index (χ1n) is 6.20. The zero-order chi connectivity index (χ0) is 15.0. The van der Waals surface area contributed by atoms with Gasteiger partial charge in [-0.2, -0.15) is 0 Å². The highest BCUT2D eigenvalue weighted by molar-refractivity contribution is 5.75. The van der Waals surface area contributed by atoms with Crippen molar-refractivity contribution >= 4 is 12.0 Å². The predicted molar refractivity (Wildman–Crippen MR) is 70.0 cm³/mol. The molecule has 0 rings (SSSR count). The summed E-state index contributed by atoms with van der Waals surface area (Å²) in [5.74, 6) is -0.944. The second-order valence-corrected chi connectivity index (χ2v) is 4.70. The van der Waals surface area contributed by atoms with E-state index in [4.69, 9.17) is 9.84 Å². The van der Waals surface area contributed by atoms with Crippen molar-refractivity contribution in [2.75, 3.05) is 33.9 Å². The number of urea groups is 1. The summed E-state index contributed by atoms with van der Waals surface area (Å²) in [6, 6.07) is -0.403. The smallest absolute Gasteiger partial charge is 0.320 e. The molecule has 0 aliphatic carbocycles. The summed E-state index contributed by atoms with van der Waals surface area (Å²) in [7, 11) is 3.04. The second-order valence-electron chi connectivity index (χ2n) is 4.70. The van der Waals surface area contributed by atoms with E-state index in [1.54, 1.807) is 7.05 Å². The standard InChI is InChI=1S/C12H24N2O5/c1-9(2)14(6-5-11(16)17)12(18)13(3)7-10(15)8-19-4/h9-10,15H,5-8H2,1-4H3,(H,16,17). The summed E-state index contributed by atoms with van der Waals surface area (Å²) < 4.78 is 4.79. The number of carboxylic acids is 1. The minimum Gasteiger partial charge on any atom is -0.481 e. The average molecular weight is 276 g/mol. The normalized spacial score (nSPS) is 12.3. The molecule has 0 fully saturated rings. The van der Waals surface area contributed by atoms with Crippen molar-refractivity contribution in [1.82, 2.24) is 9.80 Å². The number of hydrogen-bond acceptors (Lipinski definition) is 4. The molecule has 7 nitrogen and oxygen atoms in total. The van der Waals surface area contributed by atoms with Gasteiger partial charge in [0.15, 0.2) is 0 Å². The molecular weight excluding hydrogens is 252 g/mol. The Morgan fingerprint density at radius 2 is 1.89 bits per heavy atom. The van der Waals surface area contributed by atoms with Crippen molar-refractivity contribution < 1.29 is 24.5 Å². The fraction of sp³-hybridized carbons (Fsp3) is 0.833. The Morgan fingerprint density at radius 1 is 1.32 bits per heavy atom. The van der Waals surface area contributed by atoms with Gasteiger partial charge in [-0.15, -0.1) is 0 Å². The molecule has 0 saturated carbocycles. The van der Waals surface area contributed by atoms with E-state index in [0.717, 1.165) is 0 Å². The van der Waals surface area contributed by atoms with Gasteiger partial charge in [-0.05, 0) is 13.8 Å². The number of methoxy groups -OCH3 is 1. The molecule has 0 aliphatic rings. The number of rotatable bonds is 8. The molecule has 0 aliphatic heterocycles. The van der Waals surface area contributed by atoms with Gasteiger partial charge in [0, 0.05) is 26.7 Å². The highest BCUT2D eigenvalue weighted by Crippen LogP contribution is 2.05. The number of aliphatic hydroxyl groups is 1. The van der Waals surface area contributed by atoms with Crippen molar-refractivity contribution in [3.05, 3.63) is 0 Å². The lowest BCUT2D eigenvalue weighted by Gasteiger charge is -2.31. The maximum atomic E-state index is 12.1. The molecule has 112 valence electrons. The van der Waals surface area contributed by atoms with Gasteiger partial charge in [0.25, 0.3) is 0 Å². The summed E-state index contributed by atoms with van der Waals surface area (Å²) in [5, 5.41) is 18.2. The van der Waals surface area contributed by atoms with Crippen LogP contribution in [0, 0.1) is 0 Å². The predicted octanol–water partition coefficient (Wildman–Crippen LogP) is 0.231. The third kappa shape index (κ3) is 6.97. The van der Waals surface area contributed by atoms with E-state index in [1.807, 2.05) is 13.8 Å². The van der Waals surface area contributed by atoms with Crippen LogP contribution in [0.1, 0.15) is 20.3 Å². The minimum absolute atomic E-state index is 0.0988. The van der Waals surface area contributed by atoms with Crippen LogP contribution in [0.5, 0.6) is 0 Å². The molecule has 1 unspecified atom stereocenters. The molecule has 19 heavy (non-hydrogen) atoms. The van der Waals surface area contributed by atoms with Gasteiger partial charge < -0.3 is 24.7 Å². The Hall–Kier alpha value is -1.34. The maximum Gasteiger partial charge on any atom is 0.320 e. The summed E-state index contributed by atoms with van der Waals surface area (Å²) in [5.41, 5.74) is 0.